The first-order valence-corrected chi connectivity index (χ1v) is 4.50. The van der Waals surface area contributed by atoms with Gasteiger partial charge in [-0.1, -0.05) is 19.1 Å². The van der Waals surface area contributed by atoms with Crippen LogP contribution in [0.2, 0.25) is 0 Å². The molecule has 2 heteroatoms. The van der Waals surface area contributed by atoms with Crippen molar-refractivity contribution in [3.05, 3.63) is 29.8 Å². The average molecular weight is 176 g/mol. The maximum atomic E-state index is 11.7. The fourth-order valence-electron chi connectivity index (χ4n) is 1.53. The number of para-hydroxylation sites is 1. The van der Waals surface area contributed by atoms with Crippen LogP contribution >= 0.6 is 0 Å². The van der Waals surface area contributed by atoms with Crippen LogP contribution in [-0.4, -0.2) is 11.9 Å². The second-order valence-electron chi connectivity index (χ2n) is 3.47. The molecule has 0 radical (unpaired) electrons. The zero-order valence-electron chi connectivity index (χ0n) is 7.78. The first kappa shape index (κ1) is 8.30. The summed E-state index contributed by atoms with van der Waals surface area (Å²) in [5, 5.41) is 0. The molecular formula is C11H12O2. The lowest BCUT2D eigenvalue weighted by molar-refractivity contribution is 0.0730. The number of ketones is 1. The Bertz CT molecular complexity index is 344. The number of hydrogen-bond acceptors (Lipinski definition) is 2. The third kappa shape index (κ3) is 1.22. The molecule has 0 saturated carbocycles. The van der Waals surface area contributed by atoms with Crippen LogP contribution in [0.1, 0.15) is 24.2 Å². The topological polar surface area (TPSA) is 26.3 Å². The van der Waals surface area contributed by atoms with Crippen molar-refractivity contribution in [2.24, 2.45) is 5.92 Å². The molecular weight excluding hydrogens is 164 g/mol. The zero-order chi connectivity index (χ0) is 9.42. The lowest BCUT2D eigenvalue weighted by Gasteiger charge is -2.27. The minimum atomic E-state index is -0.0325. The van der Waals surface area contributed by atoms with Crippen LogP contribution in [0.3, 0.4) is 0 Å². The van der Waals surface area contributed by atoms with Gasteiger partial charge in [0.05, 0.1) is 11.5 Å². The highest BCUT2D eigenvalue weighted by Gasteiger charge is 2.30. The van der Waals surface area contributed by atoms with Gasteiger partial charge in [0.1, 0.15) is 11.9 Å². The summed E-state index contributed by atoms with van der Waals surface area (Å²) < 4.78 is 5.59. The summed E-state index contributed by atoms with van der Waals surface area (Å²) in [5.41, 5.74) is 0.716. The molecule has 1 aliphatic rings. The van der Waals surface area contributed by atoms with E-state index in [1.54, 1.807) is 0 Å². The predicted octanol–water partition coefficient (Wildman–Crippen LogP) is 2.29. The zero-order valence-corrected chi connectivity index (χ0v) is 7.78. The quantitative estimate of drug-likeness (QED) is 0.606. The van der Waals surface area contributed by atoms with Gasteiger partial charge < -0.3 is 4.74 Å². The van der Waals surface area contributed by atoms with Crippen LogP contribution in [0.15, 0.2) is 24.3 Å². The molecule has 0 amide bonds. The second kappa shape index (κ2) is 2.87. The van der Waals surface area contributed by atoms with Gasteiger partial charge in [0.25, 0.3) is 0 Å². The fourth-order valence-corrected chi connectivity index (χ4v) is 1.53. The van der Waals surface area contributed by atoms with Crippen molar-refractivity contribution in [3.63, 3.8) is 0 Å². The van der Waals surface area contributed by atoms with Gasteiger partial charge in [0.2, 0.25) is 0 Å². The van der Waals surface area contributed by atoms with E-state index in [1.807, 2.05) is 38.1 Å². The summed E-state index contributed by atoms with van der Waals surface area (Å²) in [5.74, 6) is 0.877. The number of hydrogen-bond donors (Lipinski definition) is 0. The average Bonchev–Trinajstić information content (AvgIpc) is 2.15. The Balaban J connectivity index is 2.49. The molecule has 1 aliphatic heterocycles. The van der Waals surface area contributed by atoms with Crippen LogP contribution in [0.4, 0.5) is 0 Å². The Hall–Kier alpha value is -1.31. The number of benzene rings is 1. The van der Waals surface area contributed by atoms with Crippen molar-refractivity contribution < 1.29 is 9.53 Å². The van der Waals surface area contributed by atoms with Gasteiger partial charge in [-0.05, 0) is 19.1 Å². The summed E-state index contributed by atoms with van der Waals surface area (Å²) >= 11 is 0. The molecule has 0 aliphatic carbocycles. The normalized spacial score (nSPS) is 26.5. The molecule has 0 bridgehead atoms. The fraction of sp³-hybridized carbons (Fsp3) is 0.364. The van der Waals surface area contributed by atoms with Gasteiger partial charge in [-0.25, -0.2) is 0 Å². The lowest BCUT2D eigenvalue weighted by atomic mass is 9.92. The Morgan fingerprint density at radius 3 is 2.69 bits per heavy atom. The van der Waals surface area contributed by atoms with Crippen molar-refractivity contribution >= 4 is 5.78 Å². The maximum absolute atomic E-state index is 11.7. The highest BCUT2D eigenvalue weighted by molar-refractivity contribution is 6.01. The largest absolute Gasteiger partial charge is 0.489 e. The number of carbonyl (C=O) groups is 1. The molecule has 0 spiro atoms. The highest BCUT2D eigenvalue weighted by atomic mass is 16.5. The molecule has 1 aromatic carbocycles. The van der Waals surface area contributed by atoms with E-state index in [0.717, 1.165) is 5.75 Å². The second-order valence-corrected chi connectivity index (χ2v) is 3.47. The summed E-state index contributed by atoms with van der Waals surface area (Å²) in [6.45, 7) is 3.83. The molecule has 2 atom stereocenters. The third-order valence-electron chi connectivity index (χ3n) is 2.58. The van der Waals surface area contributed by atoms with Crippen LogP contribution in [0.25, 0.3) is 0 Å². The van der Waals surface area contributed by atoms with Crippen molar-refractivity contribution in [2.75, 3.05) is 0 Å². The van der Waals surface area contributed by atoms with Crippen LogP contribution < -0.4 is 4.74 Å². The van der Waals surface area contributed by atoms with Gasteiger partial charge in [-0.3, -0.25) is 4.79 Å². The van der Waals surface area contributed by atoms with Crippen molar-refractivity contribution in [1.82, 2.24) is 0 Å². The van der Waals surface area contributed by atoms with E-state index in [2.05, 4.69) is 0 Å². The van der Waals surface area contributed by atoms with Gasteiger partial charge in [-0.2, -0.15) is 0 Å². The number of fused-ring (bicyclic) bond motifs is 1. The molecule has 0 saturated heterocycles. The van der Waals surface area contributed by atoms with Crippen molar-refractivity contribution in [2.45, 2.75) is 20.0 Å². The first-order chi connectivity index (χ1) is 6.20. The van der Waals surface area contributed by atoms with Crippen molar-refractivity contribution in [1.29, 1.82) is 0 Å². The molecule has 13 heavy (non-hydrogen) atoms. The van der Waals surface area contributed by atoms with Gasteiger partial charge >= 0.3 is 0 Å². The summed E-state index contributed by atoms with van der Waals surface area (Å²) in [6, 6.07) is 7.41. The van der Waals surface area contributed by atoms with E-state index >= 15 is 0 Å². The van der Waals surface area contributed by atoms with Gasteiger partial charge in [-0.15, -0.1) is 0 Å². The molecule has 0 N–H and O–H groups in total. The van der Waals surface area contributed by atoms with Crippen molar-refractivity contribution in [3.8, 4) is 5.75 Å². The van der Waals surface area contributed by atoms with E-state index in [4.69, 9.17) is 4.74 Å². The predicted molar refractivity (Wildman–Crippen MR) is 50.0 cm³/mol. The van der Waals surface area contributed by atoms with E-state index in [0.29, 0.717) is 5.56 Å². The summed E-state index contributed by atoms with van der Waals surface area (Å²) in [6.07, 6.45) is -0.0117. The Kier molecular flexibility index (Phi) is 1.83. The standard InChI is InChI=1S/C11H12O2/c1-7-8(2)13-10-6-4-3-5-9(10)11(7)12/h3-8H,1-2H3. The lowest BCUT2D eigenvalue weighted by Crippen LogP contribution is -2.33. The molecule has 2 rings (SSSR count). The minimum absolute atomic E-state index is 0.0117. The van der Waals surface area contributed by atoms with Gasteiger partial charge in [0, 0.05) is 0 Å². The molecule has 68 valence electrons. The van der Waals surface area contributed by atoms with E-state index in [-0.39, 0.29) is 17.8 Å². The number of carbonyl (C=O) groups excluding carboxylic acids is 1. The number of ether oxygens (including phenoxy) is 1. The number of rotatable bonds is 0. The van der Waals surface area contributed by atoms with E-state index < -0.39 is 0 Å². The molecule has 1 heterocycles. The van der Waals surface area contributed by atoms with Crippen LogP contribution in [0.5, 0.6) is 5.75 Å². The maximum Gasteiger partial charge on any atom is 0.173 e. The van der Waals surface area contributed by atoms with Crippen LogP contribution in [-0.2, 0) is 0 Å². The number of Topliss-reactive ketones (excluding diaryl/α,β-unsaturated/α-hetero) is 1. The molecule has 0 fully saturated rings. The van der Waals surface area contributed by atoms with E-state index in [9.17, 15) is 4.79 Å². The SMILES string of the molecule is CC1Oc2ccccc2C(=O)C1C. The Morgan fingerprint density at radius 1 is 1.23 bits per heavy atom. The van der Waals surface area contributed by atoms with Crippen LogP contribution in [0, 0.1) is 5.92 Å². The first-order valence-electron chi connectivity index (χ1n) is 4.50. The monoisotopic (exact) mass is 176 g/mol. The van der Waals surface area contributed by atoms with Gasteiger partial charge in [0.15, 0.2) is 5.78 Å². The van der Waals surface area contributed by atoms with E-state index in [1.165, 1.54) is 0 Å². The molecule has 2 unspecified atom stereocenters. The summed E-state index contributed by atoms with van der Waals surface area (Å²) in [7, 11) is 0. The molecule has 0 aromatic heterocycles. The molecule has 1 aromatic rings. The minimum Gasteiger partial charge on any atom is -0.489 e. The third-order valence-corrected chi connectivity index (χ3v) is 2.58. The Morgan fingerprint density at radius 2 is 1.92 bits per heavy atom. The molecule has 2 nitrogen and oxygen atoms in total. The Labute approximate surface area is 77.5 Å². The smallest absolute Gasteiger partial charge is 0.173 e. The highest BCUT2D eigenvalue weighted by Crippen LogP contribution is 2.29. The summed E-state index contributed by atoms with van der Waals surface area (Å²) in [4.78, 5) is 11.7.